The molecule has 2 aromatic carbocycles. The van der Waals surface area contributed by atoms with Gasteiger partial charge in [0.05, 0.1) is 11.2 Å². The van der Waals surface area contributed by atoms with E-state index in [1.807, 2.05) is 18.5 Å². The van der Waals surface area contributed by atoms with Crippen LogP contribution in [-0.4, -0.2) is 33.3 Å². The van der Waals surface area contributed by atoms with E-state index in [0.29, 0.717) is 5.92 Å². The lowest BCUT2D eigenvalue weighted by molar-refractivity contribution is 0.460. The lowest BCUT2D eigenvalue weighted by atomic mass is 9.89. The van der Waals surface area contributed by atoms with Gasteiger partial charge in [0.25, 0.3) is 0 Å². The molecule has 1 aliphatic heterocycles. The summed E-state index contributed by atoms with van der Waals surface area (Å²) >= 11 is 0. The lowest BCUT2D eigenvalue weighted by Gasteiger charge is -2.23. The molecule has 3 N–H and O–H groups in total. The molecule has 0 bridgehead atoms. The van der Waals surface area contributed by atoms with Crippen molar-refractivity contribution in [2.45, 2.75) is 18.8 Å². The normalized spacial score (nSPS) is 15.2. The first kappa shape index (κ1) is 17.4. The zero-order chi connectivity index (χ0) is 19.9. The van der Waals surface area contributed by atoms with E-state index < -0.39 is 0 Å². The van der Waals surface area contributed by atoms with Crippen LogP contribution >= 0.6 is 0 Å². The molecule has 0 atom stereocenters. The van der Waals surface area contributed by atoms with Crippen LogP contribution in [0.5, 0.6) is 0 Å². The second-order valence-electron chi connectivity index (χ2n) is 8.09. The molecule has 30 heavy (non-hydrogen) atoms. The van der Waals surface area contributed by atoms with Crippen LogP contribution in [0.15, 0.2) is 67.0 Å². The molecular weight excluding hydrogens is 370 g/mol. The van der Waals surface area contributed by atoms with Crippen LogP contribution in [0.3, 0.4) is 0 Å². The van der Waals surface area contributed by atoms with Crippen molar-refractivity contribution >= 4 is 21.8 Å². The van der Waals surface area contributed by atoms with E-state index in [4.69, 9.17) is 0 Å². The Labute approximate surface area is 174 Å². The first-order valence-electron chi connectivity index (χ1n) is 10.6. The van der Waals surface area contributed by atoms with E-state index in [1.54, 1.807) is 0 Å². The summed E-state index contributed by atoms with van der Waals surface area (Å²) in [6.45, 7) is 2.19. The summed E-state index contributed by atoms with van der Waals surface area (Å²) in [5.74, 6) is 0.623. The molecule has 5 nitrogen and oxygen atoms in total. The van der Waals surface area contributed by atoms with Gasteiger partial charge in [0.2, 0.25) is 0 Å². The van der Waals surface area contributed by atoms with Gasteiger partial charge in [-0.2, -0.15) is 5.10 Å². The predicted molar refractivity (Wildman–Crippen MR) is 121 cm³/mol. The van der Waals surface area contributed by atoms with Crippen molar-refractivity contribution in [2.75, 3.05) is 13.1 Å². The van der Waals surface area contributed by atoms with Crippen molar-refractivity contribution in [1.29, 1.82) is 0 Å². The maximum Gasteiger partial charge on any atom is 0.116 e. The van der Waals surface area contributed by atoms with Gasteiger partial charge >= 0.3 is 0 Å². The SMILES string of the molecule is c1cncc(-c2cccc3[nH]c(-c4n[nH]c5ccc(C6CCNCC6)cc45)cc23)c1. The smallest absolute Gasteiger partial charge is 0.116 e. The van der Waals surface area contributed by atoms with E-state index in [-0.39, 0.29) is 0 Å². The molecule has 0 aliphatic carbocycles. The highest BCUT2D eigenvalue weighted by atomic mass is 15.1. The largest absolute Gasteiger partial charge is 0.353 e. The highest BCUT2D eigenvalue weighted by molar-refractivity contribution is 6.01. The van der Waals surface area contributed by atoms with Gasteiger partial charge in [0.1, 0.15) is 5.69 Å². The molecule has 1 fully saturated rings. The maximum atomic E-state index is 4.67. The Morgan fingerprint density at radius 3 is 2.67 bits per heavy atom. The van der Waals surface area contributed by atoms with Crippen LogP contribution in [0, 0.1) is 0 Å². The minimum atomic E-state index is 0.623. The summed E-state index contributed by atoms with van der Waals surface area (Å²) in [4.78, 5) is 7.87. The number of nitrogens with zero attached hydrogens (tertiary/aromatic N) is 2. The van der Waals surface area contributed by atoms with Gasteiger partial charge in [-0.05, 0) is 73.3 Å². The Kier molecular flexibility index (Phi) is 4.13. The number of fused-ring (bicyclic) bond motifs is 2. The third kappa shape index (κ3) is 2.90. The highest BCUT2D eigenvalue weighted by Gasteiger charge is 2.18. The van der Waals surface area contributed by atoms with Crippen LogP contribution in [0.25, 0.3) is 44.3 Å². The molecule has 0 radical (unpaired) electrons. The number of H-pyrrole nitrogens is 2. The van der Waals surface area contributed by atoms with E-state index in [2.05, 4.69) is 74.0 Å². The fourth-order valence-electron chi connectivity index (χ4n) is 4.70. The third-order valence-electron chi connectivity index (χ3n) is 6.29. The Morgan fingerprint density at radius 1 is 0.867 bits per heavy atom. The zero-order valence-electron chi connectivity index (χ0n) is 16.7. The van der Waals surface area contributed by atoms with Gasteiger partial charge < -0.3 is 10.3 Å². The van der Waals surface area contributed by atoms with Gasteiger partial charge in [-0.1, -0.05) is 24.3 Å². The third-order valence-corrected chi connectivity index (χ3v) is 6.29. The molecule has 4 heterocycles. The number of aromatic amines is 2. The van der Waals surface area contributed by atoms with Gasteiger partial charge in [-0.3, -0.25) is 10.1 Å². The van der Waals surface area contributed by atoms with E-state index in [1.165, 1.54) is 34.7 Å². The van der Waals surface area contributed by atoms with Crippen LogP contribution < -0.4 is 5.32 Å². The minimum absolute atomic E-state index is 0.623. The number of hydrogen-bond acceptors (Lipinski definition) is 3. The molecule has 0 saturated carbocycles. The molecule has 0 unspecified atom stereocenters. The van der Waals surface area contributed by atoms with Crippen LogP contribution in [-0.2, 0) is 0 Å². The van der Waals surface area contributed by atoms with Crippen LogP contribution in [0.1, 0.15) is 24.3 Å². The second kappa shape index (κ2) is 7.11. The molecule has 6 rings (SSSR count). The predicted octanol–water partition coefficient (Wildman–Crippen LogP) is 5.24. The number of benzene rings is 2. The topological polar surface area (TPSA) is 69.4 Å². The highest BCUT2D eigenvalue weighted by Crippen LogP contribution is 2.35. The number of hydrogen-bond donors (Lipinski definition) is 3. The van der Waals surface area contributed by atoms with Gasteiger partial charge in [-0.15, -0.1) is 0 Å². The number of piperidine rings is 1. The van der Waals surface area contributed by atoms with Crippen molar-refractivity contribution in [3.63, 3.8) is 0 Å². The monoisotopic (exact) mass is 393 g/mol. The summed E-state index contributed by atoms with van der Waals surface area (Å²) in [6.07, 6.45) is 6.11. The maximum absolute atomic E-state index is 4.67. The first-order valence-corrected chi connectivity index (χ1v) is 10.6. The number of nitrogens with one attached hydrogen (secondary N) is 3. The number of rotatable bonds is 3. The van der Waals surface area contributed by atoms with E-state index >= 15 is 0 Å². The second-order valence-corrected chi connectivity index (χ2v) is 8.09. The summed E-state index contributed by atoms with van der Waals surface area (Å²) in [5.41, 5.74) is 7.92. The van der Waals surface area contributed by atoms with Crippen molar-refractivity contribution in [3.8, 4) is 22.5 Å². The molecule has 5 heteroatoms. The number of aromatic nitrogens is 4. The summed E-state index contributed by atoms with van der Waals surface area (Å²) in [5, 5.41) is 13.7. The lowest BCUT2D eigenvalue weighted by Crippen LogP contribution is -2.26. The first-order chi connectivity index (χ1) is 14.9. The quantitative estimate of drug-likeness (QED) is 0.393. The van der Waals surface area contributed by atoms with E-state index in [0.717, 1.165) is 41.1 Å². The molecular formula is C25H23N5. The van der Waals surface area contributed by atoms with Crippen molar-refractivity contribution in [3.05, 3.63) is 72.6 Å². The molecule has 3 aromatic heterocycles. The number of pyridine rings is 1. The Bertz CT molecular complexity index is 1330. The minimum Gasteiger partial charge on any atom is -0.353 e. The average Bonchev–Trinajstić information content (AvgIpc) is 3.43. The van der Waals surface area contributed by atoms with E-state index in [9.17, 15) is 0 Å². The van der Waals surface area contributed by atoms with Crippen LogP contribution in [0.2, 0.25) is 0 Å². The zero-order valence-corrected chi connectivity index (χ0v) is 16.7. The average molecular weight is 393 g/mol. The fourth-order valence-corrected chi connectivity index (χ4v) is 4.70. The molecule has 5 aromatic rings. The molecule has 0 amide bonds. The Morgan fingerprint density at radius 2 is 1.80 bits per heavy atom. The van der Waals surface area contributed by atoms with Gasteiger partial charge in [0, 0.05) is 34.2 Å². The Hall–Kier alpha value is -3.44. The van der Waals surface area contributed by atoms with Crippen LogP contribution in [0.4, 0.5) is 0 Å². The molecule has 148 valence electrons. The fraction of sp³-hybridized carbons (Fsp3) is 0.200. The van der Waals surface area contributed by atoms with Crippen molar-refractivity contribution < 1.29 is 0 Å². The molecule has 1 saturated heterocycles. The van der Waals surface area contributed by atoms with Crippen molar-refractivity contribution in [2.24, 2.45) is 0 Å². The van der Waals surface area contributed by atoms with Crippen molar-refractivity contribution in [1.82, 2.24) is 25.5 Å². The standard InChI is InChI=1S/C25H23N5/c1-4-19(18-3-2-10-27-15-18)20-14-24(28-22(20)5-1)25-21-13-17(6-7-23(21)29-30-25)16-8-11-26-12-9-16/h1-7,10,13-16,26,28H,8-9,11-12H2,(H,29,30). The van der Waals surface area contributed by atoms with Gasteiger partial charge in [0.15, 0.2) is 0 Å². The molecule has 1 aliphatic rings. The van der Waals surface area contributed by atoms with Gasteiger partial charge in [-0.25, -0.2) is 0 Å². The molecule has 0 spiro atoms. The Balaban J connectivity index is 1.47. The summed E-state index contributed by atoms with van der Waals surface area (Å²) in [6, 6.07) is 19.4. The summed E-state index contributed by atoms with van der Waals surface area (Å²) in [7, 11) is 0. The summed E-state index contributed by atoms with van der Waals surface area (Å²) < 4.78 is 0.